The average Bonchev–Trinajstić information content (AvgIpc) is 2.94. The molecular weight excluding hydrogens is 304 g/mol. The third-order valence-electron chi connectivity index (χ3n) is 4.87. The van der Waals surface area contributed by atoms with Crippen molar-refractivity contribution in [3.05, 3.63) is 41.0 Å². The second-order valence-electron chi connectivity index (χ2n) is 7.59. The number of hydrogen-bond donors (Lipinski definition) is 0. The first-order valence-corrected chi connectivity index (χ1v) is 8.42. The van der Waals surface area contributed by atoms with Gasteiger partial charge in [0.25, 0.3) is 0 Å². The molecule has 1 aromatic rings. The van der Waals surface area contributed by atoms with Crippen molar-refractivity contribution in [2.45, 2.75) is 52.1 Å². The van der Waals surface area contributed by atoms with E-state index in [0.717, 1.165) is 24.2 Å². The molecular formula is C20H24O4. The lowest BCUT2D eigenvalue weighted by Gasteiger charge is -2.35. The van der Waals surface area contributed by atoms with Crippen molar-refractivity contribution in [2.75, 3.05) is 7.11 Å². The quantitative estimate of drug-likeness (QED) is 0.773. The Morgan fingerprint density at radius 2 is 1.96 bits per heavy atom. The van der Waals surface area contributed by atoms with Crippen molar-refractivity contribution >= 4 is 11.8 Å². The van der Waals surface area contributed by atoms with Gasteiger partial charge in [-0.3, -0.25) is 4.79 Å². The fraction of sp³-hybridized carbons (Fsp3) is 0.500. The molecule has 1 unspecified atom stereocenters. The highest BCUT2D eigenvalue weighted by Gasteiger charge is 2.50. The molecule has 1 spiro atoms. The number of Topliss-reactive ketones (excluding diaryl/α,β-unsaturated/α-hetero) is 1. The van der Waals surface area contributed by atoms with Crippen LogP contribution in [0.5, 0.6) is 5.75 Å². The SMILES string of the molecule is COc1ccc2c(c1)CCC1(CCC=C1C(=O)OC(C)(C)C)C2=O. The van der Waals surface area contributed by atoms with Gasteiger partial charge >= 0.3 is 5.97 Å². The number of hydrogen-bond acceptors (Lipinski definition) is 4. The van der Waals surface area contributed by atoms with Crippen LogP contribution >= 0.6 is 0 Å². The number of fused-ring (bicyclic) bond motifs is 1. The number of benzene rings is 1. The van der Waals surface area contributed by atoms with Gasteiger partial charge in [0.15, 0.2) is 5.78 Å². The summed E-state index contributed by atoms with van der Waals surface area (Å²) in [5, 5.41) is 0. The standard InChI is InChI=1S/C20H24O4/c1-19(2,3)24-18(22)16-6-5-10-20(16)11-9-13-12-14(23-4)7-8-15(13)17(20)21/h6-8,12H,5,9-11H2,1-4H3. The van der Waals surface area contributed by atoms with Crippen LogP contribution in [-0.2, 0) is 16.0 Å². The summed E-state index contributed by atoms with van der Waals surface area (Å²) in [6, 6.07) is 5.55. The van der Waals surface area contributed by atoms with E-state index in [1.807, 2.05) is 45.0 Å². The smallest absolute Gasteiger partial charge is 0.335 e. The van der Waals surface area contributed by atoms with E-state index in [1.54, 1.807) is 7.11 Å². The van der Waals surface area contributed by atoms with Crippen molar-refractivity contribution < 1.29 is 19.1 Å². The molecule has 2 aliphatic rings. The molecule has 4 heteroatoms. The molecule has 4 nitrogen and oxygen atoms in total. The van der Waals surface area contributed by atoms with Gasteiger partial charge in [-0.05, 0) is 70.2 Å². The molecule has 1 atom stereocenters. The Kier molecular flexibility index (Phi) is 4.02. The van der Waals surface area contributed by atoms with Gasteiger partial charge in [0, 0.05) is 11.1 Å². The minimum Gasteiger partial charge on any atom is -0.497 e. The monoisotopic (exact) mass is 328 g/mol. The van der Waals surface area contributed by atoms with Crippen molar-refractivity contribution in [2.24, 2.45) is 5.41 Å². The number of carbonyl (C=O) groups is 2. The summed E-state index contributed by atoms with van der Waals surface area (Å²) in [6.45, 7) is 5.53. The molecule has 0 radical (unpaired) electrons. The van der Waals surface area contributed by atoms with E-state index in [1.165, 1.54) is 0 Å². The maximum atomic E-state index is 13.2. The van der Waals surface area contributed by atoms with Crippen LogP contribution in [0.15, 0.2) is 29.8 Å². The molecule has 24 heavy (non-hydrogen) atoms. The van der Waals surface area contributed by atoms with Crippen molar-refractivity contribution in [1.29, 1.82) is 0 Å². The Balaban J connectivity index is 1.95. The van der Waals surface area contributed by atoms with Gasteiger partial charge in [-0.1, -0.05) is 6.08 Å². The lowest BCUT2D eigenvalue weighted by atomic mass is 9.66. The molecule has 0 bridgehead atoms. The van der Waals surface area contributed by atoms with Crippen LogP contribution < -0.4 is 4.74 Å². The van der Waals surface area contributed by atoms with Crippen LogP contribution in [-0.4, -0.2) is 24.5 Å². The fourth-order valence-electron chi connectivity index (χ4n) is 3.75. The number of rotatable bonds is 2. The molecule has 0 amide bonds. The molecule has 3 rings (SSSR count). The number of methoxy groups -OCH3 is 1. The van der Waals surface area contributed by atoms with E-state index in [2.05, 4.69) is 0 Å². The van der Waals surface area contributed by atoms with Gasteiger partial charge in [0.1, 0.15) is 11.4 Å². The highest BCUT2D eigenvalue weighted by molar-refractivity contribution is 6.10. The Morgan fingerprint density at radius 1 is 1.21 bits per heavy atom. The molecule has 2 aliphatic carbocycles. The zero-order chi connectivity index (χ0) is 17.5. The Hall–Kier alpha value is -2.10. The number of carbonyl (C=O) groups excluding carboxylic acids is 2. The molecule has 128 valence electrons. The number of ketones is 1. The maximum absolute atomic E-state index is 13.2. The zero-order valence-electron chi connectivity index (χ0n) is 14.8. The predicted octanol–water partition coefficient (Wildman–Crippen LogP) is 3.87. The minimum absolute atomic E-state index is 0.0426. The topological polar surface area (TPSA) is 52.6 Å². The summed E-state index contributed by atoms with van der Waals surface area (Å²) in [5.74, 6) is 0.443. The van der Waals surface area contributed by atoms with Gasteiger partial charge in [0.2, 0.25) is 0 Å². The van der Waals surface area contributed by atoms with Crippen LogP contribution in [0.25, 0.3) is 0 Å². The Morgan fingerprint density at radius 3 is 2.62 bits per heavy atom. The van der Waals surface area contributed by atoms with Crippen LogP contribution in [0.4, 0.5) is 0 Å². The van der Waals surface area contributed by atoms with E-state index >= 15 is 0 Å². The highest BCUT2D eigenvalue weighted by Crippen LogP contribution is 2.49. The highest BCUT2D eigenvalue weighted by atomic mass is 16.6. The third-order valence-corrected chi connectivity index (χ3v) is 4.87. The first-order valence-electron chi connectivity index (χ1n) is 8.42. The van der Waals surface area contributed by atoms with Gasteiger partial charge < -0.3 is 9.47 Å². The summed E-state index contributed by atoms with van der Waals surface area (Å²) in [7, 11) is 1.62. The van der Waals surface area contributed by atoms with E-state index in [0.29, 0.717) is 24.0 Å². The number of allylic oxidation sites excluding steroid dienone is 1. The molecule has 0 aromatic heterocycles. The Labute approximate surface area is 142 Å². The van der Waals surface area contributed by atoms with Gasteiger partial charge in [-0.2, -0.15) is 0 Å². The fourth-order valence-corrected chi connectivity index (χ4v) is 3.75. The molecule has 0 saturated carbocycles. The van der Waals surface area contributed by atoms with Gasteiger partial charge in [-0.15, -0.1) is 0 Å². The van der Waals surface area contributed by atoms with Crippen LogP contribution in [0, 0.1) is 5.41 Å². The van der Waals surface area contributed by atoms with Crippen molar-refractivity contribution in [3.63, 3.8) is 0 Å². The first kappa shape index (κ1) is 16.7. The van der Waals surface area contributed by atoms with E-state index in [4.69, 9.17) is 9.47 Å². The predicted molar refractivity (Wildman–Crippen MR) is 91.2 cm³/mol. The zero-order valence-corrected chi connectivity index (χ0v) is 14.8. The van der Waals surface area contributed by atoms with Crippen LogP contribution in [0.2, 0.25) is 0 Å². The number of aryl methyl sites for hydroxylation is 1. The van der Waals surface area contributed by atoms with Crippen molar-refractivity contribution in [1.82, 2.24) is 0 Å². The molecule has 0 heterocycles. The largest absolute Gasteiger partial charge is 0.497 e. The number of esters is 1. The lowest BCUT2D eigenvalue weighted by Crippen LogP contribution is -2.40. The Bertz CT molecular complexity index is 724. The summed E-state index contributed by atoms with van der Waals surface area (Å²) < 4.78 is 10.8. The first-order chi connectivity index (χ1) is 11.3. The molecule has 0 saturated heterocycles. The van der Waals surface area contributed by atoms with Gasteiger partial charge in [0.05, 0.1) is 12.5 Å². The second-order valence-corrected chi connectivity index (χ2v) is 7.59. The summed E-state index contributed by atoms with van der Waals surface area (Å²) in [5.41, 5.74) is 0.969. The molecule has 0 aliphatic heterocycles. The van der Waals surface area contributed by atoms with E-state index < -0.39 is 11.0 Å². The van der Waals surface area contributed by atoms with Gasteiger partial charge in [-0.25, -0.2) is 4.79 Å². The summed E-state index contributed by atoms with van der Waals surface area (Å²) in [6.07, 6.45) is 4.73. The average molecular weight is 328 g/mol. The molecule has 1 aromatic carbocycles. The molecule has 0 N–H and O–H groups in total. The maximum Gasteiger partial charge on any atom is 0.335 e. The molecule has 0 fully saturated rings. The van der Waals surface area contributed by atoms with Crippen molar-refractivity contribution in [3.8, 4) is 5.75 Å². The third kappa shape index (κ3) is 2.74. The van der Waals surface area contributed by atoms with Crippen LogP contribution in [0.1, 0.15) is 56.0 Å². The normalized spacial score (nSPS) is 23.0. The summed E-state index contributed by atoms with van der Waals surface area (Å²) in [4.78, 5) is 25.9. The van der Waals surface area contributed by atoms with E-state index in [-0.39, 0.29) is 11.8 Å². The van der Waals surface area contributed by atoms with E-state index in [9.17, 15) is 9.59 Å². The summed E-state index contributed by atoms with van der Waals surface area (Å²) >= 11 is 0. The second kappa shape index (κ2) is 5.76. The van der Waals surface area contributed by atoms with Crippen LogP contribution in [0.3, 0.4) is 0 Å². The minimum atomic E-state index is -0.718. The number of ether oxygens (including phenoxy) is 2. The lowest BCUT2D eigenvalue weighted by molar-refractivity contribution is -0.151.